The molecule has 0 aliphatic carbocycles. The van der Waals surface area contributed by atoms with Gasteiger partial charge in [-0.2, -0.15) is 4.98 Å². The number of fused-ring (bicyclic) bond motifs is 1. The number of halogens is 3. The Morgan fingerprint density at radius 2 is 1.67 bits per heavy atom. The van der Waals surface area contributed by atoms with Crippen LogP contribution < -0.4 is 29.6 Å². The maximum atomic E-state index is 12.3. The lowest BCUT2D eigenvalue weighted by molar-refractivity contribution is -0.274. The molecule has 5 rings (SSSR count). The van der Waals surface area contributed by atoms with Crippen molar-refractivity contribution < 1.29 is 32.1 Å². The molecule has 0 saturated carbocycles. The van der Waals surface area contributed by atoms with Crippen LogP contribution in [0.3, 0.4) is 0 Å². The third-order valence-corrected chi connectivity index (χ3v) is 6.15. The van der Waals surface area contributed by atoms with Gasteiger partial charge in [0.25, 0.3) is 6.01 Å². The molecule has 11 heteroatoms. The number of imidazole rings is 1. The summed E-state index contributed by atoms with van der Waals surface area (Å²) in [7, 11) is 0. The first kappa shape index (κ1) is 24.0. The van der Waals surface area contributed by atoms with Crippen molar-refractivity contribution in [2.24, 2.45) is 0 Å². The Morgan fingerprint density at radius 1 is 1.03 bits per heavy atom. The number of alkyl halides is 3. The van der Waals surface area contributed by atoms with Crippen LogP contribution in [-0.4, -0.2) is 47.3 Å². The lowest BCUT2D eigenvalue weighted by atomic mass is 10.1. The van der Waals surface area contributed by atoms with Crippen LogP contribution in [0.15, 0.2) is 54.7 Å². The molecule has 36 heavy (non-hydrogen) atoms. The van der Waals surface area contributed by atoms with Crippen LogP contribution in [-0.2, 0) is 6.54 Å². The molecule has 0 unspecified atom stereocenters. The van der Waals surface area contributed by atoms with Gasteiger partial charge in [0.05, 0.1) is 12.7 Å². The van der Waals surface area contributed by atoms with E-state index in [0.717, 1.165) is 37.4 Å². The third kappa shape index (κ3) is 5.72. The summed E-state index contributed by atoms with van der Waals surface area (Å²) in [6.45, 7) is 4.58. The number of nitrogen functional groups attached to an aromatic ring is 1. The normalized spacial score (nSPS) is 20.1. The molecule has 0 radical (unpaired) electrons. The van der Waals surface area contributed by atoms with Gasteiger partial charge in [-0.3, -0.25) is 4.57 Å². The number of rotatable bonds is 7. The number of piperidine rings is 1. The molecule has 2 aromatic carbocycles. The molecule has 0 spiro atoms. The Balaban J connectivity index is 1.07. The van der Waals surface area contributed by atoms with Gasteiger partial charge in [0.2, 0.25) is 0 Å². The van der Waals surface area contributed by atoms with E-state index in [0.29, 0.717) is 30.7 Å². The highest BCUT2D eigenvalue weighted by Crippen LogP contribution is 2.31. The van der Waals surface area contributed by atoms with Gasteiger partial charge in [-0.05, 0) is 55.5 Å². The highest BCUT2D eigenvalue weighted by atomic mass is 19.4. The van der Waals surface area contributed by atoms with Gasteiger partial charge < -0.3 is 29.6 Å². The molecule has 2 N–H and O–H groups in total. The molecule has 1 atom stereocenters. The standard InChI is InChI=1S/C25H27F3N4O4/c1-24(15-32-14-22(29)30-23(32)36-24)16-33-18-4-2-17(3-5-18)31-12-10-20(11-13-31)34-19-6-8-21(9-7-19)35-25(26,27)28/h2-9,14,20H,10-13,15-16,29H2,1H3/t24-/m1/s1. The Kier molecular flexibility index (Phi) is 6.23. The van der Waals surface area contributed by atoms with E-state index in [1.54, 1.807) is 6.20 Å². The molecule has 3 aromatic rings. The van der Waals surface area contributed by atoms with E-state index in [9.17, 15) is 13.2 Å². The zero-order valence-electron chi connectivity index (χ0n) is 19.7. The lowest BCUT2D eigenvalue weighted by Crippen LogP contribution is -2.38. The van der Waals surface area contributed by atoms with Gasteiger partial charge in [0.15, 0.2) is 5.60 Å². The minimum atomic E-state index is -4.71. The summed E-state index contributed by atoms with van der Waals surface area (Å²) < 4.78 is 60.5. The fourth-order valence-electron chi connectivity index (χ4n) is 4.43. The van der Waals surface area contributed by atoms with Crippen molar-refractivity contribution in [3.05, 3.63) is 54.7 Å². The summed E-state index contributed by atoms with van der Waals surface area (Å²) in [4.78, 5) is 6.43. The van der Waals surface area contributed by atoms with E-state index in [1.807, 2.05) is 35.8 Å². The van der Waals surface area contributed by atoms with Crippen LogP contribution in [0.5, 0.6) is 23.3 Å². The molecule has 0 bridgehead atoms. The Hall–Kier alpha value is -3.76. The van der Waals surface area contributed by atoms with Crippen LogP contribution in [0.25, 0.3) is 0 Å². The molecule has 2 aliphatic heterocycles. The van der Waals surface area contributed by atoms with Crippen molar-refractivity contribution in [1.29, 1.82) is 0 Å². The van der Waals surface area contributed by atoms with Gasteiger partial charge in [0, 0.05) is 31.6 Å². The zero-order chi connectivity index (χ0) is 25.3. The number of hydrogen-bond donors (Lipinski definition) is 1. The van der Waals surface area contributed by atoms with Crippen molar-refractivity contribution in [3.63, 3.8) is 0 Å². The highest BCUT2D eigenvalue weighted by Gasteiger charge is 2.37. The molecule has 1 saturated heterocycles. The van der Waals surface area contributed by atoms with Crippen LogP contribution in [0.4, 0.5) is 24.7 Å². The fraction of sp³-hybridized carbons (Fsp3) is 0.400. The van der Waals surface area contributed by atoms with Crippen molar-refractivity contribution in [2.45, 2.75) is 44.4 Å². The summed E-state index contributed by atoms with van der Waals surface area (Å²) in [5.41, 5.74) is 6.27. The molecular weight excluding hydrogens is 477 g/mol. The van der Waals surface area contributed by atoms with Crippen molar-refractivity contribution in [3.8, 4) is 23.3 Å². The molecule has 0 amide bonds. The number of benzene rings is 2. The third-order valence-electron chi connectivity index (χ3n) is 6.15. The Labute approximate surface area is 206 Å². The van der Waals surface area contributed by atoms with E-state index in [4.69, 9.17) is 19.9 Å². The number of nitrogens with two attached hydrogens (primary N) is 1. The highest BCUT2D eigenvalue weighted by molar-refractivity contribution is 5.49. The quantitative estimate of drug-likeness (QED) is 0.502. The van der Waals surface area contributed by atoms with E-state index >= 15 is 0 Å². The molecule has 3 heterocycles. The minimum absolute atomic E-state index is 0.00423. The SMILES string of the molecule is C[C@]1(COc2ccc(N3CCC(Oc4ccc(OC(F)(F)F)cc4)CC3)cc2)Cn2cc(N)nc2O1. The lowest BCUT2D eigenvalue weighted by Gasteiger charge is -2.33. The number of aromatic nitrogens is 2. The fourth-order valence-corrected chi connectivity index (χ4v) is 4.43. The van der Waals surface area contributed by atoms with Crippen molar-refractivity contribution in [2.75, 3.05) is 30.3 Å². The molecular formula is C25H27F3N4O4. The van der Waals surface area contributed by atoms with Gasteiger partial charge >= 0.3 is 6.36 Å². The summed E-state index contributed by atoms with van der Waals surface area (Å²) in [6, 6.07) is 13.9. The molecule has 2 aliphatic rings. The average molecular weight is 505 g/mol. The first-order valence-electron chi connectivity index (χ1n) is 11.7. The number of nitrogens with zero attached hydrogens (tertiary/aromatic N) is 3. The molecule has 1 fully saturated rings. The van der Waals surface area contributed by atoms with Crippen LogP contribution in [0, 0.1) is 0 Å². The van der Waals surface area contributed by atoms with Crippen molar-refractivity contribution >= 4 is 11.5 Å². The topological polar surface area (TPSA) is 84.0 Å². The smallest absolute Gasteiger partial charge is 0.490 e. The Morgan fingerprint density at radius 3 is 2.31 bits per heavy atom. The summed E-state index contributed by atoms with van der Waals surface area (Å²) >= 11 is 0. The number of hydrogen-bond acceptors (Lipinski definition) is 7. The van der Waals surface area contributed by atoms with E-state index in [2.05, 4.69) is 14.6 Å². The number of anilines is 2. The zero-order valence-corrected chi connectivity index (χ0v) is 19.7. The predicted molar refractivity (Wildman–Crippen MR) is 127 cm³/mol. The summed E-state index contributed by atoms with van der Waals surface area (Å²) in [6.07, 6.45) is -1.35. The molecule has 8 nitrogen and oxygen atoms in total. The van der Waals surface area contributed by atoms with E-state index < -0.39 is 12.0 Å². The second-order valence-electron chi connectivity index (χ2n) is 9.23. The Bertz CT molecular complexity index is 1150. The van der Waals surface area contributed by atoms with Crippen LogP contribution in [0.1, 0.15) is 19.8 Å². The second-order valence-corrected chi connectivity index (χ2v) is 9.23. The first-order valence-corrected chi connectivity index (χ1v) is 11.7. The summed E-state index contributed by atoms with van der Waals surface area (Å²) in [5, 5.41) is 0. The second kappa shape index (κ2) is 9.36. The van der Waals surface area contributed by atoms with E-state index in [-0.39, 0.29) is 11.9 Å². The predicted octanol–water partition coefficient (Wildman–Crippen LogP) is 4.64. The molecule has 192 valence electrons. The van der Waals surface area contributed by atoms with Gasteiger partial charge in [-0.1, -0.05) is 0 Å². The van der Waals surface area contributed by atoms with Crippen LogP contribution in [0.2, 0.25) is 0 Å². The molecule has 1 aromatic heterocycles. The largest absolute Gasteiger partial charge is 0.573 e. The van der Waals surface area contributed by atoms with Gasteiger partial charge in [-0.25, -0.2) is 0 Å². The maximum Gasteiger partial charge on any atom is 0.573 e. The van der Waals surface area contributed by atoms with E-state index in [1.165, 1.54) is 24.3 Å². The van der Waals surface area contributed by atoms with Gasteiger partial charge in [-0.15, -0.1) is 13.2 Å². The van der Waals surface area contributed by atoms with Crippen molar-refractivity contribution in [1.82, 2.24) is 9.55 Å². The minimum Gasteiger partial charge on any atom is -0.490 e. The summed E-state index contributed by atoms with van der Waals surface area (Å²) in [5.74, 6) is 1.45. The van der Waals surface area contributed by atoms with Gasteiger partial charge in [0.1, 0.15) is 35.8 Å². The average Bonchev–Trinajstić information content (AvgIpc) is 3.32. The first-order chi connectivity index (χ1) is 17.1. The number of ether oxygens (including phenoxy) is 4. The monoisotopic (exact) mass is 504 g/mol. The maximum absolute atomic E-state index is 12.3. The van der Waals surface area contributed by atoms with Crippen LogP contribution >= 0.6 is 0 Å².